The number of anilines is 1. The second-order valence-electron chi connectivity index (χ2n) is 8.27. The fourth-order valence-electron chi connectivity index (χ4n) is 4.95. The number of H-pyrrole nitrogens is 1. The molecule has 2 aliphatic heterocycles. The molecule has 1 spiro atoms. The molecule has 2 aliphatic rings. The number of carbonyl (C=O) groups excluding carboxylic acids is 1. The fourth-order valence-corrected chi connectivity index (χ4v) is 4.95. The van der Waals surface area contributed by atoms with Gasteiger partial charge in [-0.1, -0.05) is 26.0 Å². The first-order chi connectivity index (χ1) is 13.6. The molecule has 0 radical (unpaired) electrons. The number of amides is 1. The number of fused-ring (bicyclic) bond motifs is 6. The minimum atomic E-state index is -0.717. The van der Waals surface area contributed by atoms with Crippen LogP contribution in [0.1, 0.15) is 30.7 Å². The minimum Gasteiger partial charge on any atom is -0.497 e. The molecule has 3 N–H and O–H groups in total. The summed E-state index contributed by atoms with van der Waals surface area (Å²) in [6, 6.07) is 14.4. The lowest BCUT2D eigenvalue weighted by Gasteiger charge is -2.31. The Bertz CT molecular complexity index is 1080. The lowest BCUT2D eigenvalue weighted by Crippen LogP contribution is -2.99. The summed E-state index contributed by atoms with van der Waals surface area (Å²) in [6.07, 6.45) is 0.934. The van der Waals surface area contributed by atoms with Crippen LogP contribution in [0.5, 0.6) is 5.75 Å². The molecule has 0 unspecified atom stereocenters. The molecule has 0 aliphatic carbocycles. The Kier molecular flexibility index (Phi) is 3.78. The average Bonchev–Trinajstić information content (AvgIpc) is 3.18. The summed E-state index contributed by atoms with van der Waals surface area (Å²) in [5.41, 5.74) is 4.76. The highest BCUT2D eigenvalue weighted by atomic mass is 16.5. The van der Waals surface area contributed by atoms with Crippen molar-refractivity contribution < 1.29 is 14.8 Å². The third-order valence-corrected chi connectivity index (χ3v) is 6.10. The van der Waals surface area contributed by atoms with E-state index in [1.54, 1.807) is 7.11 Å². The quantitative estimate of drug-likeness (QED) is 0.738. The molecule has 28 heavy (non-hydrogen) atoms. The number of benzene rings is 2. The summed E-state index contributed by atoms with van der Waals surface area (Å²) in [4.78, 5) is 19.5. The Morgan fingerprint density at radius 1 is 1.25 bits per heavy atom. The summed E-state index contributed by atoms with van der Waals surface area (Å²) < 4.78 is 5.44. The van der Waals surface area contributed by atoms with Crippen molar-refractivity contribution in [3.63, 3.8) is 0 Å². The van der Waals surface area contributed by atoms with E-state index in [1.807, 2.05) is 23.1 Å². The number of aromatic amines is 1. The molecule has 1 aromatic heterocycles. The van der Waals surface area contributed by atoms with Gasteiger partial charge in [0.15, 0.2) is 0 Å². The first kappa shape index (κ1) is 17.3. The largest absolute Gasteiger partial charge is 0.497 e. The van der Waals surface area contributed by atoms with Crippen molar-refractivity contribution in [1.82, 2.24) is 4.98 Å². The molecule has 2 aromatic carbocycles. The summed E-state index contributed by atoms with van der Waals surface area (Å²) in [5, 5.41) is 3.39. The molecule has 5 rings (SSSR count). The zero-order valence-corrected chi connectivity index (χ0v) is 16.6. The first-order valence-corrected chi connectivity index (χ1v) is 10.0. The van der Waals surface area contributed by atoms with Gasteiger partial charge in [0, 0.05) is 23.9 Å². The van der Waals surface area contributed by atoms with Crippen LogP contribution in [0.3, 0.4) is 0 Å². The minimum absolute atomic E-state index is 0.168. The molecular weight excluding hydrogens is 350 g/mol. The second kappa shape index (κ2) is 6.11. The molecule has 1 atom stereocenters. The lowest BCUT2D eigenvalue weighted by molar-refractivity contribution is -0.714. The fraction of sp³-hybridized carbons (Fsp3) is 0.348. The van der Waals surface area contributed by atoms with Crippen LogP contribution >= 0.6 is 0 Å². The Morgan fingerprint density at radius 3 is 2.86 bits per heavy atom. The van der Waals surface area contributed by atoms with Crippen molar-refractivity contribution in [2.24, 2.45) is 5.92 Å². The zero-order chi connectivity index (χ0) is 19.5. The lowest BCUT2D eigenvalue weighted by atomic mass is 9.82. The van der Waals surface area contributed by atoms with Gasteiger partial charge in [-0.15, -0.1) is 0 Å². The van der Waals surface area contributed by atoms with Gasteiger partial charge in [0.05, 0.1) is 30.6 Å². The van der Waals surface area contributed by atoms with E-state index in [4.69, 9.17) is 4.74 Å². The maximum atomic E-state index is 13.9. The highest BCUT2D eigenvalue weighted by Crippen LogP contribution is 2.45. The highest BCUT2D eigenvalue weighted by Gasteiger charge is 2.59. The number of methoxy groups -OCH3 is 1. The Hall–Kier alpha value is -2.79. The maximum Gasteiger partial charge on any atom is 0.299 e. The van der Waals surface area contributed by atoms with Crippen LogP contribution in [0.25, 0.3) is 10.9 Å². The average molecular weight is 376 g/mol. The Balaban J connectivity index is 1.77. The third kappa shape index (κ3) is 2.20. The number of nitrogens with zero attached hydrogens (tertiary/aromatic N) is 1. The summed E-state index contributed by atoms with van der Waals surface area (Å²) in [7, 11) is 1.69. The zero-order valence-electron chi connectivity index (χ0n) is 16.6. The van der Waals surface area contributed by atoms with Crippen molar-refractivity contribution in [2.75, 3.05) is 25.1 Å². The number of carbonyl (C=O) groups is 1. The van der Waals surface area contributed by atoms with Crippen molar-refractivity contribution in [1.29, 1.82) is 0 Å². The number of hydrogen-bond donors (Lipinski definition) is 2. The number of nitrogens with two attached hydrogens (primary N) is 1. The van der Waals surface area contributed by atoms with Crippen molar-refractivity contribution in [3.05, 3.63) is 59.3 Å². The van der Waals surface area contributed by atoms with Crippen LogP contribution in [-0.4, -0.2) is 31.1 Å². The molecule has 5 heteroatoms. The normalized spacial score (nSPS) is 20.9. The van der Waals surface area contributed by atoms with Crippen LogP contribution in [0, 0.1) is 5.92 Å². The van der Waals surface area contributed by atoms with Crippen LogP contribution in [0.15, 0.2) is 42.5 Å². The van der Waals surface area contributed by atoms with E-state index in [1.165, 1.54) is 5.56 Å². The van der Waals surface area contributed by atoms with Gasteiger partial charge in [-0.25, -0.2) is 0 Å². The molecule has 0 bridgehead atoms. The van der Waals surface area contributed by atoms with Gasteiger partial charge in [0.25, 0.3) is 5.91 Å². The molecule has 0 saturated heterocycles. The van der Waals surface area contributed by atoms with Gasteiger partial charge < -0.3 is 19.9 Å². The number of nitrogens with one attached hydrogen (secondary N) is 1. The number of ether oxygens (including phenoxy) is 1. The predicted molar refractivity (Wildman–Crippen MR) is 110 cm³/mol. The van der Waals surface area contributed by atoms with Crippen molar-refractivity contribution in [2.45, 2.75) is 25.8 Å². The number of hydrogen-bond acceptors (Lipinski definition) is 2. The molecule has 5 nitrogen and oxygen atoms in total. The van der Waals surface area contributed by atoms with Crippen LogP contribution in [0.2, 0.25) is 0 Å². The molecule has 0 saturated carbocycles. The van der Waals surface area contributed by atoms with E-state index in [0.717, 1.165) is 53.1 Å². The van der Waals surface area contributed by atoms with Crippen LogP contribution in [0.4, 0.5) is 5.69 Å². The Labute approximate surface area is 164 Å². The second-order valence-corrected chi connectivity index (χ2v) is 8.27. The number of rotatable bonds is 3. The Morgan fingerprint density at radius 2 is 2.07 bits per heavy atom. The molecule has 0 fully saturated rings. The molecule has 1 amide bonds. The third-order valence-electron chi connectivity index (χ3n) is 6.10. The van der Waals surface area contributed by atoms with Gasteiger partial charge in [-0.3, -0.25) is 4.79 Å². The van der Waals surface area contributed by atoms with E-state index < -0.39 is 5.54 Å². The molecule has 144 valence electrons. The summed E-state index contributed by atoms with van der Waals surface area (Å²) in [5.74, 6) is 1.42. The van der Waals surface area contributed by atoms with E-state index in [-0.39, 0.29) is 5.91 Å². The van der Waals surface area contributed by atoms with E-state index in [2.05, 4.69) is 48.4 Å². The van der Waals surface area contributed by atoms with Gasteiger partial charge >= 0.3 is 0 Å². The number of aromatic nitrogens is 1. The van der Waals surface area contributed by atoms with E-state index >= 15 is 0 Å². The van der Waals surface area contributed by atoms with Crippen LogP contribution < -0.4 is 15.0 Å². The van der Waals surface area contributed by atoms with Gasteiger partial charge in [-0.05, 0) is 41.8 Å². The SMILES string of the molecule is COc1ccc2[nH]c3c(c2c1)CC[NH2+][C@@]31C(=O)N(CC(C)C)c2ccccc21. The summed E-state index contributed by atoms with van der Waals surface area (Å²) >= 11 is 0. The smallest absolute Gasteiger partial charge is 0.299 e. The number of para-hydroxylation sites is 1. The van der Waals surface area contributed by atoms with E-state index in [9.17, 15) is 4.79 Å². The van der Waals surface area contributed by atoms with Gasteiger partial charge in [0.1, 0.15) is 5.75 Å². The molecular formula is C23H26N3O2+. The molecule has 3 aromatic rings. The topological polar surface area (TPSA) is 61.9 Å². The summed E-state index contributed by atoms with van der Waals surface area (Å²) in [6.45, 7) is 5.93. The monoisotopic (exact) mass is 376 g/mol. The standard InChI is InChI=1S/C23H25N3O2/c1-14(2)13-26-20-7-5-4-6-18(20)23(22(26)27)21-16(10-11-24-23)17-12-15(28-3)8-9-19(17)25-21/h4-9,12,14,24-25H,10-11,13H2,1-3H3/p+1/t23-/m1/s1. The highest BCUT2D eigenvalue weighted by molar-refractivity contribution is 6.09. The van der Waals surface area contributed by atoms with E-state index in [0.29, 0.717) is 5.92 Å². The predicted octanol–water partition coefficient (Wildman–Crippen LogP) is 2.54. The van der Waals surface area contributed by atoms with Gasteiger partial charge in [-0.2, -0.15) is 0 Å². The first-order valence-electron chi connectivity index (χ1n) is 10.0. The van der Waals surface area contributed by atoms with Crippen molar-refractivity contribution in [3.8, 4) is 5.75 Å². The van der Waals surface area contributed by atoms with Crippen molar-refractivity contribution >= 4 is 22.5 Å². The molecule has 3 heterocycles. The van der Waals surface area contributed by atoms with Gasteiger partial charge in [0.2, 0.25) is 5.54 Å². The van der Waals surface area contributed by atoms with Crippen LogP contribution in [-0.2, 0) is 16.8 Å². The maximum absolute atomic E-state index is 13.9. The number of quaternary nitrogens is 1.